The van der Waals surface area contributed by atoms with Crippen LogP contribution in [0.25, 0.3) is 21.8 Å². The van der Waals surface area contributed by atoms with E-state index in [4.69, 9.17) is 17.2 Å². The van der Waals surface area contributed by atoms with Gasteiger partial charge in [0.05, 0.1) is 31.9 Å². The van der Waals surface area contributed by atoms with E-state index < -0.39 is 236 Å². The summed E-state index contributed by atoms with van der Waals surface area (Å²) >= 11 is 0.769. The maximum Gasteiger partial charge on any atom is 0.246 e. The third kappa shape index (κ3) is 25.9. The van der Waals surface area contributed by atoms with Crippen molar-refractivity contribution in [2.75, 3.05) is 78.6 Å². The number of carbonyl (C=O) groups excluding carboxylic acids is 17. The molecule has 17 amide bonds. The number of primary amides is 2. The Hall–Kier alpha value is -12.3. The van der Waals surface area contributed by atoms with Gasteiger partial charge < -0.3 is 125 Å². The van der Waals surface area contributed by atoms with E-state index in [1.165, 1.54) is 59.3 Å². The van der Waals surface area contributed by atoms with Gasteiger partial charge in [-0.3, -0.25) is 81.5 Å². The summed E-state index contributed by atoms with van der Waals surface area (Å²) in [5, 5.41) is 69.0. The summed E-state index contributed by atoms with van der Waals surface area (Å²) < 4.78 is 0. The van der Waals surface area contributed by atoms with Crippen molar-refractivity contribution in [2.45, 2.75) is 195 Å². The van der Waals surface area contributed by atoms with E-state index in [0.717, 1.165) is 36.3 Å². The highest BCUT2D eigenvalue weighted by Crippen LogP contribution is 2.27. The molecule has 22 N–H and O–H groups in total. The molecule has 2 aromatic heterocycles. The standard InChI is InChI=1S/C82H114N20O21S/c1-7-8-21-63-75(116)94-59(36-66(84)107)82(123)102-31-15-23-65(102)77(118)96-61(41-105)73(114)91-55(28-32-103)81(122)101-30-14-22-64(101)76(117)92-56(34-47-37-86-52-18-11-9-16-50(47)52)72(113)95-60(40-104)74(115)93-58(35-48-38-87-53-19-12-10-17-51(48)53)79(120)99(5)45(3)78(119)98(4)44(2)69(110)90-54(20-13-29-83)71(112)97-62(70(111)88-39-67(85)108)42-124-43-68(109)89-57(80(121)100(63)6)33-46-24-26-49(106)27-25-46/h9-12,16-19,24-27,37-38,44-45,54-65,86-87,103-106H,7-8,13-15,20-23,28-36,39-43,83H2,1-6H3,(H2,84,107)(H2,85,108)(H,88,111)(H,89,109)(H,90,110)(H,91,114)(H,92,117)(H,93,115)(H,94,116)(H,95,113)(H,96,118)(H,97,112)/t44-,45-,54-,55-,56-,57-,58-,59-,60-,61-,62?,63-,64-,65-/m0/s1. The van der Waals surface area contributed by atoms with E-state index in [1.807, 2.05) is 0 Å². The Balaban J connectivity index is 1.14. The van der Waals surface area contributed by atoms with Crippen LogP contribution in [0.3, 0.4) is 0 Å². The number of amides is 17. The highest BCUT2D eigenvalue weighted by atomic mass is 32.2. The minimum absolute atomic E-state index is 0.00139. The van der Waals surface area contributed by atoms with Crippen LogP contribution in [0.5, 0.6) is 5.75 Å². The smallest absolute Gasteiger partial charge is 0.246 e. The van der Waals surface area contributed by atoms with Crippen LogP contribution in [0.4, 0.5) is 0 Å². The molecular weight excluding hydrogens is 1630 g/mol. The first-order valence-electron chi connectivity index (χ1n) is 41.1. The Bertz CT molecular complexity index is 4680. The van der Waals surface area contributed by atoms with Crippen LogP contribution in [0.1, 0.15) is 108 Å². The van der Waals surface area contributed by atoms with Gasteiger partial charge in [0.1, 0.15) is 90.3 Å². The van der Waals surface area contributed by atoms with Crippen molar-refractivity contribution in [3.8, 4) is 5.75 Å². The highest BCUT2D eigenvalue weighted by Gasteiger charge is 2.45. The number of unbranched alkanes of at least 4 members (excludes halogenated alkanes) is 1. The van der Waals surface area contributed by atoms with Gasteiger partial charge in [0.15, 0.2) is 0 Å². The van der Waals surface area contributed by atoms with Gasteiger partial charge >= 0.3 is 0 Å². The van der Waals surface area contributed by atoms with Gasteiger partial charge in [0.2, 0.25) is 100 Å². The van der Waals surface area contributed by atoms with Gasteiger partial charge in [-0.25, -0.2) is 0 Å². The number of likely N-dealkylation sites (N-methyl/N-ethyl adjacent to an activating group) is 3. The fourth-order valence-electron chi connectivity index (χ4n) is 15.0. The molecule has 41 nitrogen and oxygen atoms in total. The third-order valence-corrected chi connectivity index (χ3v) is 23.3. The number of aliphatic hydroxyl groups is 3. The molecule has 5 heterocycles. The third-order valence-electron chi connectivity index (χ3n) is 22.3. The number of nitrogens with two attached hydrogens (primary N) is 3. The number of H-pyrrole nitrogens is 2. The summed E-state index contributed by atoms with van der Waals surface area (Å²) in [6.07, 6.45) is 2.04. The molecule has 124 heavy (non-hydrogen) atoms. The molecule has 0 aliphatic carbocycles. The average molecular weight is 1750 g/mol. The molecule has 5 aromatic rings. The maximum atomic E-state index is 15.1. The van der Waals surface area contributed by atoms with E-state index in [-0.39, 0.29) is 89.6 Å². The number of benzene rings is 3. The number of carbonyl (C=O) groups is 17. The van der Waals surface area contributed by atoms with Gasteiger partial charge in [0, 0.05) is 100 Å². The number of nitrogens with zero attached hydrogens (tertiary/aromatic N) is 5. The Kier molecular flexibility index (Phi) is 36.3. The number of hydrogen-bond donors (Lipinski definition) is 19. The first-order valence-corrected chi connectivity index (χ1v) is 42.2. The van der Waals surface area contributed by atoms with Crippen LogP contribution in [-0.2, 0) is 101 Å². The second kappa shape index (κ2) is 46.3. The zero-order valence-electron chi connectivity index (χ0n) is 70.0. The van der Waals surface area contributed by atoms with Crippen molar-refractivity contribution in [2.24, 2.45) is 17.2 Å². The Morgan fingerprint density at radius 3 is 1.52 bits per heavy atom. The minimum Gasteiger partial charge on any atom is -0.508 e. The lowest BCUT2D eigenvalue weighted by Crippen LogP contribution is -2.61. The van der Waals surface area contributed by atoms with Crippen molar-refractivity contribution in [3.63, 3.8) is 0 Å². The second-order valence-electron chi connectivity index (χ2n) is 31.0. The van der Waals surface area contributed by atoms with E-state index in [9.17, 15) is 92.3 Å². The average Bonchev–Trinajstić information content (AvgIpc) is 1.67. The topological polar surface area (TPSA) is 617 Å². The van der Waals surface area contributed by atoms with Gasteiger partial charge in [0.25, 0.3) is 0 Å². The fraction of sp³-hybridized carbons (Fsp3) is 0.524. The summed E-state index contributed by atoms with van der Waals surface area (Å²) in [6.45, 7) is 0.592. The predicted octanol–water partition coefficient (Wildman–Crippen LogP) is -5.23. The predicted molar refractivity (Wildman–Crippen MR) is 451 cm³/mol. The lowest BCUT2D eigenvalue weighted by molar-refractivity contribution is -0.148. The largest absolute Gasteiger partial charge is 0.508 e. The molecule has 3 saturated heterocycles. The number of para-hydroxylation sites is 2. The molecular formula is C82H114N20O21S. The molecule has 14 atom stereocenters. The summed E-state index contributed by atoms with van der Waals surface area (Å²) in [4.78, 5) is 256. The number of aromatic amines is 2. The number of phenols is 1. The molecule has 3 aromatic carbocycles. The maximum absolute atomic E-state index is 15.1. The number of rotatable bonds is 21. The Labute approximate surface area is 719 Å². The Morgan fingerprint density at radius 2 is 0.976 bits per heavy atom. The van der Waals surface area contributed by atoms with Crippen molar-refractivity contribution in [3.05, 3.63) is 102 Å². The molecule has 0 radical (unpaired) electrons. The van der Waals surface area contributed by atoms with Gasteiger partial charge in [-0.2, -0.15) is 0 Å². The molecule has 3 fully saturated rings. The molecule has 3 aliphatic rings. The lowest BCUT2D eigenvalue weighted by atomic mass is 10.0. The zero-order valence-corrected chi connectivity index (χ0v) is 70.9. The van der Waals surface area contributed by atoms with E-state index in [1.54, 1.807) is 67.8 Å². The molecule has 3 aliphatic heterocycles. The number of thioether (sulfide) groups is 1. The van der Waals surface area contributed by atoms with Crippen molar-refractivity contribution < 1.29 is 102 Å². The zero-order chi connectivity index (χ0) is 90.8. The van der Waals surface area contributed by atoms with Gasteiger partial charge in [-0.05, 0) is 113 Å². The van der Waals surface area contributed by atoms with E-state index in [0.29, 0.717) is 51.3 Å². The van der Waals surface area contributed by atoms with Crippen LogP contribution in [0.15, 0.2) is 85.2 Å². The summed E-state index contributed by atoms with van der Waals surface area (Å²) in [5.74, 6) is -17.5. The monoisotopic (exact) mass is 1750 g/mol. The van der Waals surface area contributed by atoms with Gasteiger partial charge in [-0.1, -0.05) is 68.3 Å². The van der Waals surface area contributed by atoms with Crippen LogP contribution >= 0.6 is 11.8 Å². The number of aromatic nitrogens is 2. The van der Waals surface area contributed by atoms with Crippen LogP contribution in [0, 0.1) is 0 Å². The minimum atomic E-state index is -1.86. The number of hydrogen-bond acceptors (Lipinski definition) is 23. The second-order valence-corrected chi connectivity index (χ2v) is 32.1. The Morgan fingerprint density at radius 1 is 0.492 bits per heavy atom. The lowest BCUT2D eigenvalue weighted by Gasteiger charge is -2.34. The summed E-state index contributed by atoms with van der Waals surface area (Å²) in [7, 11) is 3.78. The number of nitrogens with one attached hydrogen (secondary N) is 12. The number of fused-ring (bicyclic) bond motifs is 4. The first kappa shape index (κ1) is 97.2. The molecule has 42 heteroatoms. The SMILES string of the molecule is CCCC[C@H]1C(=O)N[C@@H](CC(N)=O)C(=O)N2CCC[C@H]2C(=O)N[C@@H](CO)C(=O)N[C@@H](CCO)C(=O)N2CCC[C@H]2C(=O)N[C@@H](Cc2c[nH]c3ccccc23)C(=O)N[C@@H](CO)C(=O)N[C@@H](Cc2c[nH]c3ccccc23)C(=O)N(C)[C@@H](C)C(=O)N(C)[C@@H](C)C(=O)N[C@@H](CCCN)C(=O)NC(C(=O)NCC(N)=O)CSCC(=O)N[C@@H](Cc2ccc(O)cc2)C(=O)N1C. The number of aromatic hydroxyl groups is 1. The number of aliphatic hydroxyl groups excluding tert-OH is 3. The van der Waals surface area contributed by atoms with E-state index in [2.05, 4.69) is 63.1 Å². The van der Waals surface area contributed by atoms with E-state index >= 15 is 9.59 Å². The molecule has 1 unspecified atom stereocenters. The first-order chi connectivity index (χ1) is 59.1. The number of phenolic OH excluding ortho intramolecular Hbond substituents is 1. The van der Waals surface area contributed by atoms with Crippen LogP contribution < -0.4 is 70.4 Å². The highest BCUT2D eigenvalue weighted by molar-refractivity contribution is 8.00. The fourth-order valence-corrected chi connectivity index (χ4v) is 15.9. The molecule has 0 spiro atoms. The molecule has 674 valence electrons. The van der Waals surface area contributed by atoms with Crippen LogP contribution in [0.2, 0.25) is 0 Å². The molecule has 8 rings (SSSR count). The van der Waals surface area contributed by atoms with Gasteiger partial charge in [-0.15, -0.1) is 11.8 Å². The molecule has 0 bridgehead atoms. The van der Waals surface area contributed by atoms with Crippen molar-refractivity contribution >= 4 is 134 Å². The van der Waals surface area contributed by atoms with Crippen molar-refractivity contribution in [1.82, 2.24) is 87.6 Å². The van der Waals surface area contributed by atoms with Crippen molar-refractivity contribution in [1.29, 1.82) is 0 Å². The van der Waals surface area contributed by atoms with Crippen LogP contribution in [-0.4, -0.2) is 319 Å². The quantitative estimate of drug-likeness (QED) is 0.0326. The summed E-state index contributed by atoms with van der Waals surface area (Å²) in [5.41, 5.74) is 19.6. The normalized spacial score (nSPS) is 25.3. The summed E-state index contributed by atoms with van der Waals surface area (Å²) in [6, 6.07) is -2.35. The molecule has 0 saturated carbocycles.